The van der Waals surface area contributed by atoms with Gasteiger partial charge in [-0.15, -0.1) is 0 Å². The number of amides is 1. The van der Waals surface area contributed by atoms with Gasteiger partial charge >= 0.3 is 0 Å². The van der Waals surface area contributed by atoms with Crippen LogP contribution in [0.25, 0.3) is 0 Å². The molecule has 0 aromatic heterocycles. The number of nitrogens with zero attached hydrogens (tertiary/aromatic N) is 1. The van der Waals surface area contributed by atoms with Crippen LogP contribution < -0.4 is 5.73 Å². The Labute approximate surface area is 110 Å². The van der Waals surface area contributed by atoms with E-state index >= 15 is 0 Å². The Morgan fingerprint density at radius 1 is 1.33 bits per heavy atom. The van der Waals surface area contributed by atoms with Crippen LogP contribution in [0, 0.1) is 5.41 Å². The van der Waals surface area contributed by atoms with Crippen molar-refractivity contribution < 1.29 is 9.53 Å². The molecule has 4 nitrogen and oxygen atoms in total. The lowest BCUT2D eigenvalue weighted by Crippen LogP contribution is -2.53. The van der Waals surface area contributed by atoms with Crippen LogP contribution in [0.4, 0.5) is 0 Å². The molecule has 1 amide bonds. The van der Waals surface area contributed by atoms with E-state index in [0.717, 1.165) is 32.2 Å². The molecule has 2 saturated heterocycles. The summed E-state index contributed by atoms with van der Waals surface area (Å²) in [6, 6.07) is 0.367. The summed E-state index contributed by atoms with van der Waals surface area (Å²) in [7, 11) is 0. The average Bonchev–Trinajstić information content (AvgIpc) is 2.63. The third kappa shape index (κ3) is 2.69. The second-order valence-corrected chi connectivity index (χ2v) is 5.79. The van der Waals surface area contributed by atoms with Crippen molar-refractivity contribution in [3.05, 3.63) is 0 Å². The minimum Gasteiger partial charge on any atom is -0.381 e. The van der Waals surface area contributed by atoms with Crippen LogP contribution in [0.1, 0.15) is 45.4 Å². The molecule has 2 aliphatic heterocycles. The molecule has 2 heterocycles. The van der Waals surface area contributed by atoms with Crippen molar-refractivity contribution in [1.82, 2.24) is 4.90 Å². The second-order valence-electron chi connectivity index (χ2n) is 5.79. The average molecular weight is 254 g/mol. The molecule has 1 unspecified atom stereocenters. The number of carbonyl (C=O) groups excluding carboxylic acids is 1. The molecule has 104 valence electrons. The van der Waals surface area contributed by atoms with Gasteiger partial charge in [0.15, 0.2) is 0 Å². The molecule has 0 saturated carbocycles. The van der Waals surface area contributed by atoms with Gasteiger partial charge in [0.05, 0.1) is 5.41 Å². The van der Waals surface area contributed by atoms with Gasteiger partial charge in [-0.05, 0) is 32.6 Å². The van der Waals surface area contributed by atoms with E-state index < -0.39 is 0 Å². The highest BCUT2D eigenvalue weighted by atomic mass is 16.5. The molecule has 4 heteroatoms. The van der Waals surface area contributed by atoms with Gasteiger partial charge in [0.25, 0.3) is 0 Å². The summed E-state index contributed by atoms with van der Waals surface area (Å²) in [4.78, 5) is 14.9. The van der Waals surface area contributed by atoms with Gasteiger partial charge in [-0.25, -0.2) is 0 Å². The van der Waals surface area contributed by atoms with Gasteiger partial charge in [-0.2, -0.15) is 0 Å². The zero-order valence-electron chi connectivity index (χ0n) is 11.5. The van der Waals surface area contributed by atoms with E-state index in [9.17, 15) is 4.79 Å². The first kappa shape index (κ1) is 13.8. The largest absolute Gasteiger partial charge is 0.381 e. The quantitative estimate of drug-likeness (QED) is 0.813. The molecule has 0 aromatic carbocycles. The highest BCUT2D eigenvalue weighted by Crippen LogP contribution is 2.33. The Morgan fingerprint density at radius 3 is 2.72 bits per heavy atom. The molecule has 1 atom stereocenters. The number of ether oxygens (including phenoxy) is 1. The molecule has 2 fully saturated rings. The molecular formula is C14H26N2O2. The van der Waals surface area contributed by atoms with E-state index in [0.29, 0.717) is 25.8 Å². The predicted octanol–water partition coefficient (Wildman–Crippen LogP) is 1.53. The normalized spacial score (nSPS) is 28.8. The molecule has 18 heavy (non-hydrogen) atoms. The van der Waals surface area contributed by atoms with Gasteiger partial charge in [0, 0.05) is 32.3 Å². The number of rotatable bonds is 2. The van der Waals surface area contributed by atoms with E-state index in [2.05, 4.69) is 11.8 Å². The summed E-state index contributed by atoms with van der Waals surface area (Å²) in [5.74, 6) is 0.280. The number of hydrogen-bond donors (Lipinski definition) is 1. The van der Waals surface area contributed by atoms with Crippen molar-refractivity contribution in [2.45, 2.75) is 51.5 Å². The van der Waals surface area contributed by atoms with Crippen molar-refractivity contribution in [2.24, 2.45) is 11.1 Å². The number of likely N-dealkylation sites (tertiary alicyclic amines) is 1. The van der Waals surface area contributed by atoms with Crippen LogP contribution in [-0.4, -0.2) is 43.2 Å². The van der Waals surface area contributed by atoms with Crippen LogP contribution in [0.5, 0.6) is 0 Å². The number of nitrogens with two attached hydrogens (primary N) is 1. The Morgan fingerprint density at radius 2 is 2.06 bits per heavy atom. The van der Waals surface area contributed by atoms with Crippen molar-refractivity contribution >= 4 is 5.91 Å². The fraction of sp³-hybridized carbons (Fsp3) is 0.929. The summed E-state index contributed by atoms with van der Waals surface area (Å²) in [6.45, 7) is 4.88. The van der Waals surface area contributed by atoms with Crippen molar-refractivity contribution in [3.63, 3.8) is 0 Å². The predicted molar refractivity (Wildman–Crippen MR) is 71.2 cm³/mol. The highest BCUT2D eigenvalue weighted by Gasteiger charge is 2.42. The Hall–Kier alpha value is -0.610. The first-order valence-corrected chi connectivity index (χ1v) is 7.28. The molecule has 2 aliphatic rings. The standard InChI is InChI=1S/C14H26N2O2/c1-12-5-3-2-4-8-16(12)13(17)14(11-15)6-9-18-10-7-14/h12H,2-11,15H2,1H3. The molecule has 2 N–H and O–H groups in total. The summed E-state index contributed by atoms with van der Waals surface area (Å²) in [6.07, 6.45) is 6.31. The SMILES string of the molecule is CC1CCCCCN1C(=O)C1(CN)CCOCC1. The zero-order valence-corrected chi connectivity index (χ0v) is 11.5. The Bertz CT molecular complexity index is 288. The third-order valence-corrected chi connectivity index (χ3v) is 4.61. The Balaban J connectivity index is 2.11. The third-order valence-electron chi connectivity index (χ3n) is 4.61. The lowest BCUT2D eigenvalue weighted by atomic mass is 9.78. The van der Waals surface area contributed by atoms with Crippen LogP contribution in [0.15, 0.2) is 0 Å². The minimum atomic E-state index is -0.350. The summed E-state index contributed by atoms with van der Waals surface area (Å²) in [5.41, 5.74) is 5.58. The second kappa shape index (κ2) is 6.02. The maximum atomic E-state index is 12.9. The molecule has 2 rings (SSSR count). The summed E-state index contributed by atoms with van der Waals surface area (Å²) < 4.78 is 5.39. The van der Waals surface area contributed by atoms with Gasteiger partial charge in [0.1, 0.15) is 0 Å². The number of hydrogen-bond acceptors (Lipinski definition) is 3. The molecule has 0 bridgehead atoms. The fourth-order valence-electron chi connectivity index (χ4n) is 3.15. The monoisotopic (exact) mass is 254 g/mol. The summed E-state index contributed by atoms with van der Waals surface area (Å²) in [5, 5.41) is 0. The van der Waals surface area contributed by atoms with Gasteiger partial charge in [0.2, 0.25) is 5.91 Å². The lowest BCUT2D eigenvalue weighted by Gasteiger charge is -2.40. The topological polar surface area (TPSA) is 55.6 Å². The van der Waals surface area contributed by atoms with Gasteiger partial charge in [-0.1, -0.05) is 12.8 Å². The van der Waals surface area contributed by atoms with E-state index in [1.54, 1.807) is 0 Å². The first-order chi connectivity index (χ1) is 8.69. The van der Waals surface area contributed by atoms with Crippen LogP contribution in [-0.2, 0) is 9.53 Å². The molecule has 0 aliphatic carbocycles. The minimum absolute atomic E-state index is 0.280. The van der Waals surface area contributed by atoms with Crippen LogP contribution >= 0.6 is 0 Å². The molecular weight excluding hydrogens is 228 g/mol. The maximum absolute atomic E-state index is 12.9. The van der Waals surface area contributed by atoms with E-state index in [1.807, 2.05) is 0 Å². The van der Waals surface area contributed by atoms with Crippen LogP contribution in [0.3, 0.4) is 0 Å². The van der Waals surface area contributed by atoms with E-state index in [4.69, 9.17) is 10.5 Å². The maximum Gasteiger partial charge on any atom is 0.230 e. The highest BCUT2D eigenvalue weighted by molar-refractivity contribution is 5.83. The molecule has 0 aromatic rings. The lowest BCUT2D eigenvalue weighted by molar-refractivity contribution is -0.149. The Kier molecular flexibility index (Phi) is 4.62. The summed E-state index contributed by atoms with van der Waals surface area (Å²) >= 11 is 0. The van der Waals surface area contributed by atoms with Gasteiger partial charge < -0.3 is 15.4 Å². The fourth-order valence-corrected chi connectivity index (χ4v) is 3.15. The van der Waals surface area contributed by atoms with Crippen LogP contribution in [0.2, 0.25) is 0 Å². The van der Waals surface area contributed by atoms with Crippen molar-refractivity contribution in [3.8, 4) is 0 Å². The molecule has 0 radical (unpaired) electrons. The zero-order chi connectivity index (χ0) is 13.0. The van der Waals surface area contributed by atoms with E-state index in [1.165, 1.54) is 12.8 Å². The van der Waals surface area contributed by atoms with Gasteiger partial charge in [-0.3, -0.25) is 4.79 Å². The number of carbonyl (C=O) groups is 1. The first-order valence-electron chi connectivity index (χ1n) is 7.28. The van der Waals surface area contributed by atoms with E-state index in [-0.39, 0.29) is 11.3 Å². The molecule has 0 spiro atoms. The van der Waals surface area contributed by atoms with Crippen molar-refractivity contribution in [2.75, 3.05) is 26.3 Å². The smallest absolute Gasteiger partial charge is 0.230 e. The van der Waals surface area contributed by atoms with Crippen molar-refractivity contribution in [1.29, 1.82) is 0 Å².